The van der Waals surface area contributed by atoms with Crippen molar-refractivity contribution in [3.63, 3.8) is 0 Å². The summed E-state index contributed by atoms with van der Waals surface area (Å²) in [6, 6.07) is 6.53. The summed E-state index contributed by atoms with van der Waals surface area (Å²) in [5.74, 6) is 0.556. The first-order chi connectivity index (χ1) is 15.9. The SMILES string of the molecule is C=CCNc1ncc2nc1C(=C)C(C)c1cc(F)ccc1OCCOc1nn(C)c(C#N)c1-2. The zero-order chi connectivity index (χ0) is 23.5. The first-order valence-electron chi connectivity index (χ1n) is 10.4. The van der Waals surface area contributed by atoms with Crippen LogP contribution in [0, 0.1) is 17.1 Å². The van der Waals surface area contributed by atoms with E-state index < -0.39 is 0 Å². The van der Waals surface area contributed by atoms with E-state index in [-0.39, 0.29) is 36.5 Å². The van der Waals surface area contributed by atoms with Gasteiger partial charge >= 0.3 is 0 Å². The van der Waals surface area contributed by atoms with E-state index >= 15 is 0 Å². The van der Waals surface area contributed by atoms with Crippen molar-refractivity contribution in [1.82, 2.24) is 19.7 Å². The Kier molecular flexibility index (Phi) is 6.09. The van der Waals surface area contributed by atoms with Crippen LogP contribution >= 0.6 is 0 Å². The van der Waals surface area contributed by atoms with Gasteiger partial charge in [0.15, 0.2) is 11.5 Å². The van der Waals surface area contributed by atoms with Crippen molar-refractivity contribution >= 4 is 11.4 Å². The van der Waals surface area contributed by atoms with Crippen LogP contribution in [-0.4, -0.2) is 39.5 Å². The average molecular weight is 446 g/mol. The highest BCUT2D eigenvalue weighted by Crippen LogP contribution is 2.39. The molecule has 0 amide bonds. The molecule has 1 aliphatic heterocycles. The fourth-order valence-corrected chi connectivity index (χ4v) is 3.66. The molecule has 1 atom stereocenters. The maximum absolute atomic E-state index is 14.1. The molecule has 2 bridgehead atoms. The van der Waals surface area contributed by atoms with Crippen molar-refractivity contribution in [2.75, 3.05) is 25.1 Å². The predicted octanol–water partition coefficient (Wildman–Crippen LogP) is 4.07. The van der Waals surface area contributed by atoms with Gasteiger partial charge in [-0.15, -0.1) is 11.7 Å². The van der Waals surface area contributed by atoms with Crippen molar-refractivity contribution in [2.24, 2.45) is 7.05 Å². The van der Waals surface area contributed by atoms with Gasteiger partial charge in [0.05, 0.1) is 11.9 Å². The summed E-state index contributed by atoms with van der Waals surface area (Å²) in [7, 11) is 1.66. The molecule has 3 aromatic rings. The Morgan fingerprint density at radius 2 is 2.15 bits per heavy atom. The predicted molar refractivity (Wildman–Crippen MR) is 122 cm³/mol. The molecule has 9 heteroatoms. The molecule has 0 fully saturated rings. The second-order valence-corrected chi connectivity index (χ2v) is 7.51. The molecule has 0 saturated heterocycles. The van der Waals surface area contributed by atoms with Gasteiger partial charge in [-0.3, -0.25) is 4.68 Å². The Balaban J connectivity index is 1.93. The molecule has 0 aliphatic carbocycles. The molecule has 1 aliphatic rings. The van der Waals surface area contributed by atoms with Crippen LogP contribution < -0.4 is 14.8 Å². The number of nitrogens with one attached hydrogen (secondary N) is 1. The highest BCUT2D eigenvalue weighted by atomic mass is 19.1. The lowest BCUT2D eigenvalue weighted by Crippen LogP contribution is -2.12. The van der Waals surface area contributed by atoms with E-state index in [0.29, 0.717) is 46.2 Å². The van der Waals surface area contributed by atoms with E-state index in [1.54, 1.807) is 25.4 Å². The summed E-state index contributed by atoms with van der Waals surface area (Å²) in [5, 5.41) is 17.2. The monoisotopic (exact) mass is 446 g/mol. The second kappa shape index (κ2) is 9.12. The van der Waals surface area contributed by atoms with E-state index in [9.17, 15) is 9.65 Å². The number of aryl methyl sites for hydroxylation is 1. The molecule has 1 aromatic carbocycles. The molecule has 0 radical (unpaired) electrons. The fourth-order valence-electron chi connectivity index (χ4n) is 3.66. The molecule has 168 valence electrons. The number of aromatic nitrogens is 4. The first-order valence-corrected chi connectivity index (χ1v) is 10.4. The molecule has 0 spiro atoms. The molecule has 2 aromatic heterocycles. The Bertz CT molecular complexity index is 1280. The van der Waals surface area contributed by atoms with Crippen molar-refractivity contribution in [1.29, 1.82) is 5.26 Å². The van der Waals surface area contributed by atoms with Crippen LogP contribution in [0.15, 0.2) is 43.6 Å². The van der Waals surface area contributed by atoms with Crippen molar-refractivity contribution in [3.8, 4) is 29.0 Å². The van der Waals surface area contributed by atoms with Gasteiger partial charge < -0.3 is 14.8 Å². The minimum atomic E-state index is -0.377. The molecule has 4 rings (SSSR count). The molecular formula is C24H23FN6O2. The van der Waals surface area contributed by atoms with Gasteiger partial charge in [-0.1, -0.05) is 19.6 Å². The number of allylic oxidation sites excluding steroid dienone is 1. The standard InChI is InChI=1S/C24H23FN6O2/c1-5-8-27-23-22-15(3)14(2)17-11-16(25)6-7-20(17)32-9-10-33-24-21(18(29-22)13-28-23)19(12-26)31(4)30-24/h5-7,11,13-14H,1,3,8-10H2,2,4H3,(H,27,28). The molecule has 0 saturated carbocycles. The lowest BCUT2D eigenvalue weighted by Gasteiger charge is -2.20. The number of nitriles is 1. The zero-order valence-electron chi connectivity index (χ0n) is 18.4. The molecular weight excluding hydrogens is 423 g/mol. The van der Waals surface area contributed by atoms with E-state index in [4.69, 9.17) is 14.5 Å². The summed E-state index contributed by atoms with van der Waals surface area (Å²) in [4.78, 5) is 9.34. The molecule has 1 unspecified atom stereocenters. The smallest absolute Gasteiger partial charge is 0.243 e. The van der Waals surface area contributed by atoms with E-state index in [0.717, 1.165) is 0 Å². The van der Waals surface area contributed by atoms with Crippen LogP contribution in [0.5, 0.6) is 11.6 Å². The van der Waals surface area contributed by atoms with Gasteiger partial charge in [0.25, 0.3) is 0 Å². The lowest BCUT2D eigenvalue weighted by atomic mass is 9.90. The maximum atomic E-state index is 14.1. The number of rotatable bonds is 3. The van der Waals surface area contributed by atoms with Crippen LogP contribution in [0.1, 0.15) is 29.8 Å². The van der Waals surface area contributed by atoms with Gasteiger partial charge in [0.1, 0.15) is 42.1 Å². The van der Waals surface area contributed by atoms with Gasteiger partial charge in [-0.2, -0.15) is 5.26 Å². The van der Waals surface area contributed by atoms with Gasteiger partial charge in [-0.05, 0) is 23.8 Å². The van der Waals surface area contributed by atoms with E-state index in [2.05, 4.69) is 34.6 Å². The number of fused-ring (bicyclic) bond motifs is 5. The number of ether oxygens (including phenoxy) is 2. The van der Waals surface area contributed by atoms with Gasteiger partial charge in [-0.25, -0.2) is 14.4 Å². The largest absolute Gasteiger partial charge is 0.490 e. The number of halogens is 1. The molecule has 3 heterocycles. The summed E-state index contributed by atoms with van der Waals surface area (Å²) >= 11 is 0. The number of hydrogen-bond acceptors (Lipinski definition) is 7. The number of benzene rings is 1. The zero-order valence-corrected chi connectivity index (χ0v) is 18.4. The molecule has 33 heavy (non-hydrogen) atoms. The van der Waals surface area contributed by atoms with Crippen molar-refractivity contribution in [3.05, 3.63) is 66.4 Å². The number of nitrogens with zero attached hydrogens (tertiary/aromatic N) is 5. The Morgan fingerprint density at radius 3 is 2.91 bits per heavy atom. The van der Waals surface area contributed by atoms with Crippen LogP contribution in [0.25, 0.3) is 16.8 Å². The third-order valence-corrected chi connectivity index (χ3v) is 5.41. The highest BCUT2D eigenvalue weighted by Gasteiger charge is 2.26. The summed E-state index contributed by atoms with van der Waals surface area (Å²) in [6.07, 6.45) is 3.26. The number of anilines is 1. The Labute approximate surface area is 191 Å². The maximum Gasteiger partial charge on any atom is 0.243 e. The first kappa shape index (κ1) is 22.0. The van der Waals surface area contributed by atoms with E-state index in [1.807, 2.05) is 6.92 Å². The van der Waals surface area contributed by atoms with Gasteiger partial charge in [0, 0.05) is 25.1 Å². The topological polar surface area (TPSA) is 97.9 Å². The normalized spacial score (nSPS) is 15.3. The fraction of sp³-hybridized carbons (Fsp3) is 0.250. The third kappa shape index (κ3) is 4.15. The van der Waals surface area contributed by atoms with Crippen LogP contribution in [0.4, 0.5) is 10.2 Å². The summed E-state index contributed by atoms with van der Waals surface area (Å²) in [6.45, 7) is 10.7. The van der Waals surface area contributed by atoms with Gasteiger partial charge in [0.2, 0.25) is 5.88 Å². The van der Waals surface area contributed by atoms with E-state index in [1.165, 1.54) is 16.8 Å². The summed E-state index contributed by atoms with van der Waals surface area (Å²) < 4.78 is 27.3. The molecule has 1 N–H and O–H groups in total. The minimum Gasteiger partial charge on any atom is -0.490 e. The van der Waals surface area contributed by atoms with Crippen LogP contribution in [-0.2, 0) is 7.05 Å². The third-order valence-electron chi connectivity index (χ3n) is 5.41. The summed E-state index contributed by atoms with van der Waals surface area (Å²) in [5.41, 5.74) is 2.87. The lowest BCUT2D eigenvalue weighted by molar-refractivity contribution is 0.210. The Morgan fingerprint density at radius 1 is 1.36 bits per heavy atom. The second-order valence-electron chi connectivity index (χ2n) is 7.51. The van der Waals surface area contributed by atoms with Crippen LogP contribution in [0.2, 0.25) is 0 Å². The van der Waals surface area contributed by atoms with Crippen molar-refractivity contribution < 1.29 is 13.9 Å². The van der Waals surface area contributed by atoms with Crippen LogP contribution in [0.3, 0.4) is 0 Å². The average Bonchev–Trinajstić information content (AvgIpc) is 3.14. The minimum absolute atomic E-state index is 0.167. The Hall–Kier alpha value is -4.19. The number of hydrogen-bond donors (Lipinski definition) is 1. The molecule has 8 nitrogen and oxygen atoms in total. The quantitative estimate of drug-likeness (QED) is 0.606. The highest BCUT2D eigenvalue weighted by molar-refractivity contribution is 5.78. The van der Waals surface area contributed by atoms with Crippen molar-refractivity contribution in [2.45, 2.75) is 12.8 Å².